The van der Waals surface area contributed by atoms with Gasteiger partial charge in [0.25, 0.3) is 5.91 Å². The molecular formula is C25H28N2O5S. The fraction of sp³-hybridized carbons (Fsp3) is 0.400. The standard InChI is InChI=1S/C25H28N2O5S/c28-25(26-13-5-2-6-14-26)24-18-31-23-17-21(9-10-22(23)32-24)33(29,30)27-15-11-20(12-16-27)19-7-3-1-4-8-19/h1,3-4,7-11,17,24H,2,5-6,12-16,18H2/t24-/m1/s1. The Bertz CT molecular complexity index is 1160. The highest BCUT2D eigenvalue weighted by Crippen LogP contribution is 2.36. The third-order valence-electron chi connectivity index (χ3n) is 6.47. The number of fused-ring (bicyclic) bond motifs is 1. The molecule has 1 atom stereocenters. The van der Waals surface area contributed by atoms with Gasteiger partial charge in [0.05, 0.1) is 4.90 Å². The second kappa shape index (κ2) is 9.19. The van der Waals surface area contributed by atoms with Gasteiger partial charge in [-0.1, -0.05) is 36.4 Å². The van der Waals surface area contributed by atoms with Crippen molar-refractivity contribution in [3.63, 3.8) is 0 Å². The Kier molecular flexibility index (Phi) is 6.12. The summed E-state index contributed by atoms with van der Waals surface area (Å²) in [5, 5.41) is 0. The molecule has 7 nitrogen and oxygen atoms in total. The molecule has 33 heavy (non-hydrogen) atoms. The van der Waals surface area contributed by atoms with Crippen molar-refractivity contribution in [1.29, 1.82) is 0 Å². The molecule has 2 aromatic carbocycles. The second-order valence-electron chi connectivity index (χ2n) is 8.62. The molecule has 1 amide bonds. The average Bonchev–Trinajstić information content (AvgIpc) is 2.88. The maximum atomic E-state index is 13.2. The molecular weight excluding hydrogens is 440 g/mol. The van der Waals surface area contributed by atoms with Gasteiger partial charge >= 0.3 is 0 Å². The number of likely N-dealkylation sites (tertiary alicyclic amines) is 1. The number of benzene rings is 2. The molecule has 0 bridgehead atoms. The summed E-state index contributed by atoms with van der Waals surface area (Å²) in [7, 11) is -3.67. The summed E-state index contributed by atoms with van der Waals surface area (Å²) in [6.07, 6.45) is 5.11. The molecule has 0 radical (unpaired) electrons. The molecule has 8 heteroatoms. The van der Waals surface area contributed by atoms with Crippen molar-refractivity contribution in [2.24, 2.45) is 0 Å². The summed E-state index contributed by atoms with van der Waals surface area (Å²) >= 11 is 0. The third-order valence-corrected chi connectivity index (χ3v) is 8.33. The Morgan fingerprint density at radius 2 is 1.73 bits per heavy atom. The molecule has 174 valence electrons. The quantitative estimate of drug-likeness (QED) is 0.688. The van der Waals surface area contributed by atoms with Crippen molar-refractivity contribution in [2.75, 3.05) is 32.8 Å². The number of hydrogen-bond acceptors (Lipinski definition) is 5. The number of rotatable bonds is 4. The predicted molar refractivity (Wildman–Crippen MR) is 125 cm³/mol. The second-order valence-corrected chi connectivity index (χ2v) is 10.6. The minimum atomic E-state index is -3.67. The SMILES string of the molecule is O=C([C@H]1COc2cc(S(=O)(=O)N3CC=C(c4ccccc4)CC3)ccc2O1)N1CCCCC1. The largest absolute Gasteiger partial charge is 0.485 e. The maximum absolute atomic E-state index is 13.2. The first-order chi connectivity index (χ1) is 16.0. The fourth-order valence-electron chi connectivity index (χ4n) is 4.58. The molecule has 0 N–H and O–H groups in total. The third kappa shape index (κ3) is 4.50. The van der Waals surface area contributed by atoms with Crippen LogP contribution in [0.15, 0.2) is 59.5 Å². The number of carbonyl (C=O) groups is 1. The molecule has 3 heterocycles. The van der Waals surface area contributed by atoms with Crippen molar-refractivity contribution < 1.29 is 22.7 Å². The lowest BCUT2D eigenvalue weighted by atomic mass is 10.0. The molecule has 0 saturated carbocycles. The Labute approximate surface area is 194 Å². The van der Waals surface area contributed by atoms with Gasteiger partial charge in [0.1, 0.15) is 6.61 Å². The number of carbonyl (C=O) groups excluding carboxylic acids is 1. The highest BCUT2D eigenvalue weighted by atomic mass is 32.2. The Morgan fingerprint density at radius 1 is 0.939 bits per heavy atom. The van der Waals surface area contributed by atoms with E-state index in [0.717, 1.165) is 43.5 Å². The van der Waals surface area contributed by atoms with E-state index in [2.05, 4.69) is 0 Å². The van der Waals surface area contributed by atoms with Crippen LogP contribution in [-0.2, 0) is 14.8 Å². The highest BCUT2D eigenvalue weighted by Gasteiger charge is 2.33. The first-order valence-electron chi connectivity index (χ1n) is 11.5. The van der Waals surface area contributed by atoms with Gasteiger partial charge in [-0.25, -0.2) is 8.42 Å². The summed E-state index contributed by atoms with van der Waals surface area (Å²) < 4.78 is 39.6. The van der Waals surface area contributed by atoms with Crippen LogP contribution < -0.4 is 9.47 Å². The first-order valence-corrected chi connectivity index (χ1v) is 12.9. The Balaban J connectivity index is 1.28. The van der Waals surface area contributed by atoms with E-state index in [4.69, 9.17) is 9.47 Å². The average molecular weight is 469 g/mol. The predicted octanol–water partition coefficient (Wildman–Crippen LogP) is 3.32. The van der Waals surface area contributed by atoms with Gasteiger partial charge < -0.3 is 14.4 Å². The van der Waals surface area contributed by atoms with Crippen molar-refractivity contribution in [2.45, 2.75) is 36.7 Å². The van der Waals surface area contributed by atoms with Gasteiger partial charge in [-0.2, -0.15) is 4.31 Å². The van der Waals surface area contributed by atoms with Crippen molar-refractivity contribution >= 4 is 21.5 Å². The zero-order valence-electron chi connectivity index (χ0n) is 18.5. The summed E-state index contributed by atoms with van der Waals surface area (Å²) in [6.45, 7) is 2.33. The number of ether oxygens (including phenoxy) is 2. The van der Waals surface area contributed by atoms with E-state index in [1.807, 2.05) is 41.3 Å². The zero-order chi connectivity index (χ0) is 22.8. The summed E-state index contributed by atoms with van der Waals surface area (Å²) in [6, 6.07) is 14.6. The van der Waals surface area contributed by atoms with Gasteiger partial charge in [-0.05, 0) is 49.0 Å². The smallest absolute Gasteiger partial charge is 0.267 e. The van der Waals surface area contributed by atoms with Crippen molar-refractivity contribution in [3.05, 3.63) is 60.2 Å². The van der Waals surface area contributed by atoms with Gasteiger partial charge in [-0.15, -0.1) is 0 Å². The lowest BCUT2D eigenvalue weighted by Gasteiger charge is -2.33. The maximum Gasteiger partial charge on any atom is 0.267 e. The number of amides is 1. The van der Waals surface area contributed by atoms with E-state index < -0.39 is 16.1 Å². The molecule has 0 aliphatic carbocycles. The van der Waals surface area contributed by atoms with Crippen LogP contribution in [0.2, 0.25) is 0 Å². The number of piperidine rings is 1. The van der Waals surface area contributed by atoms with Crippen LogP contribution in [0.3, 0.4) is 0 Å². The normalized spacial score (nSPS) is 21.4. The van der Waals surface area contributed by atoms with E-state index in [9.17, 15) is 13.2 Å². The zero-order valence-corrected chi connectivity index (χ0v) is 19.3. The summed E-state index contributed by atoms with van der Waals surface area (Å²) in [4.78, 5) is 14.7. The van der Waals surface area contributed by atoms with Gasteiger partial charge in [0, 0.05) is 32.2 Å². The Hall–Kier alpha value is -2.84. The lowest BCUT2D eigenvalue weighted by molar-refractivity contribution is -0.142. The molecule has 0 spiro atoms. The van der Waals surface area contributed by atoms with Crippen molar-refractivity contribution in [3.8, 4) is 11.5 Å². The van der Waals surface area contributed by atoms with Crippen LogP contribution in [0.1, 0.15) is 31.2 Å². The molecule has 2 aromatic rings. The van der Waals surface area contributed by atoms with Gasteiger partial charge in [-0.3, -0.25) is 4.79 Å². The van der Waals surface area contributed by atoms with E-state index in [1.165, 1.54) is 16.4 Å². The highest BCUT2D eigenvalue weighted by molar-refractivity contribution is 7.89. The topological polar surface area (TPSA) is 76.2 Å². The minimum absolute atomic E-state index is 0.0635. The van der Waals surface area contributed by atoms with Crippen LogP contribution in [0.25, 0.3) is 5.57 Å². The monoisotopic (exact) mass is 468 g/mol. The number of nitrogens with zero attached hydrogens (tertiary/aromatic N) is 2. The number of hydrogen-bond donors (Lipinski definition) is 0. The first kappa shape index (κ1) is 22.0. The van der Waals surface area contributed by atoms with Gasteiger partial charge in [0.15, 0.2) is 11.5 Å². The summed E-state index contributed by atoms with van der Waals surface area (Å²) in [5.74, 6) is 0.697. The molecule has 0 aromatic heterocycles. The van der Waals surface area contributed by atoms with E-state index in [0.29, 0.717) is 31.0 Å². The lowest BCUT2D eigenvalue weighted by Crippen LogP contribution is -2.48. The minimum Gasteiger partial charge on any atom is -0.485 e. The van der Waals surface area contributed by atoms with Crippen LogP contribution in [-0.4, -0.2) is 62.4 Å². The molecule has 3 aliphatic rings. The number of sulfonamides is 1. The van der Waals surface area contributed by atoms with E-state index >= 15 is 0 Å². The van der Waals surface area contributed by atoms with Crippen LogP contribution in [0, 0.1) is 0 Å². The van der Waals surface area contributed by atoms with E-state index in [-0.39, 0.29) is 17.4 Å². The van der Waals surface area contributed by atoms with Crippen molar-refractivity contribution in [1.82, 2.24) is 9.21 Å². The Morgan fingerprint density at radius 3 is 2.45 bits per heavy atom. The molecule has 5 rings (SSSR count). The molecule has 0 unspecified atom stereocenters. The summed E-state index contributed by atoms with van der Waals surface area (Å²) in [5.41, 5.74) is 2.29. The van der Waals surface area contributed by atoms with Gasteiger partial charge in [0.2, 0.25) is 16.1 Å². The van der Waals surface area contributed by atoms with E-state index in [1.54, 1.807) is 6.07 Å². The molecule has 3 aliphatic heterocycles. The van der Waals surface area contributed by atoms with Crippen LogP contribution in [0.4, 0.5) is 0 Å². The molecule has 1 saturated heterocycles. The molecule has 1 fully saturated rings. The van der Waals surface area contributed by atoms with Crippen LogP contribution in [0.5, 0.6) is 11.5 Å². The fourth-order valence-corrected chi connectivity index (χ4v) is 5.98. The van der Waals surface area contributed by atoms with Crippen LogP contribution >= 0.6 is 0 Å².